The molecule has 77 heavy (non-hydrogen) atoms. The molecule has 0 aliphatic heterocycles. The van der Waals surface area contributed by atoms with Crippen molar-refractivity contribution in [2.75, 3.05) is 19.6 Å². The number of anilines is 11. The van der Waals surface area contributed by atoms with Crippen molar-refractivity contribution in [1.29, 1.82) is 0 Å². The Morgan fingerprint density at radius 2 is 0.481 bits per heavy atom. The predicted octanol–water partition coefficient (Wildman–Crippen LogP) is 20.7. The van der Waals surface area contributed by atoms with Crippen LogP contribution < -0.4 is 19.6 Å². The van der Waals surface area contributed by atoms with Gasteiger partial charge in [0.2, 0.25) is 0 Å². The highest BCUT2D eigenvalue weighted by Gasteiger charge is 2.17. The lowest BCUT2D eigenvalue weighted by Crippen LogP contribution is -2.14. The first kappa shape index (κ1) is 49.1. The molecule has 4 heteroatoms. The van der Waals surface area contributed by atoms with Crippen LogP contribution in [0.25, 0.3) is 27.8 Å². The maximum atomic E-state index is 4.63. The van der Waals surface area contributed by atoms with Gasteiger partial charge >= 0.3 is 0 Å². The van der Waals surface area contributed by atoms with Gasteiger partial charge in [-0.2, -0.15) is 0 Å². The molecule has 0 N–H and O–H groups in total. The molecule has 0 aliphatic carbocycles. The minimum absolute atomic E-state index is 0.849. The van der Waals surface area contributed by atoms with Crippen molar-refractivity contribution in [2.24, 2.45) is 0 Å². The fraction of sp³-hybridized carbons (Fsp3) is 0.0137. The first-order valence-electron chi connectivity index (χ1n) is 26.1. The van der Waals surface area contributed by atoms with Crippen molar-refractivity contribution in [3.63, 3.8) is 0 Å². The second-order valence-electron chi connectivity index (χ2n) is 18.7. The third-order valence-electron chi connectivity index (χ3n) is 13.8. The Kier molecular flexibility index (Phi) is 14.9. The molecule has 0 aliphatic rings. The zero-order valence-corrected chi connectivity index (χ0v) is 43.1. The molecule has 0 amide bonds. The zero-order valence-electron chi connectivity index (χ0n) is 43.1. The normalized spacial score (nSPS) is 11.3. The number of rotatable bonds is 17. The van der Waals surface area contributed by atoms with Gasteiger partial charge in [0, 0.05) is 68.3 Å². The van der Waals surface area contributed by atoms with E-state index in [9.17, 15) is 0 Å². The van der Waals surface area contributed by atoms with Gasteiger partial charge in [0.25, 0.3) is 0 Å². The van der Waals surface area contributed by atoms with Gasteiger partial charge in [0.05, 0.1) is 0 Å². The second kappa shape index (κ2) is 23.4. The van der Waals surface area contributed by atoms with Gasteiger partial charge in [-0.1, -0.05) is 189 Å². The first-order valence-corrected chi connectivity index (χ1v) is 26.1. The molecule has 11 aromatic carbocycles. The highest BCUT2D eigenvalue weighted by molar-refractivity contribution is 5.84. The summed E-state index contributed by atoms with van der Waals surface area (Å²) >= 11 is 0. The molecule has 11 aromatic rings. The molecular formula is C73H58N4. The number of nitrogens with zero attached hydrogens (tertiary/aromatic N) is 4. The van der Waals surface area contributed by atoms with Crippen molar-refractivity contribution in [2.45, 2.75) is 6.92 Å². The van der Waals surface area contributed by atoms with Crippen LogP contribution in [0, 0.1) is 0 Å². The zero-order chi connectivity index (χ0) is 52.2. The lowest BCUT2D eigenvalue weighted by atomic mass is 10.0. The van der Waals surface area contributed by atoms with E-state index in [1.165, 1.54) is 0 Å². The summed E-state index contributed by atoms with van der Waals surface area (Å²) in [5.74, 6) is 0. The first-order chi connectivity index (χ1) is 38.1. The average Bonchev–Trinajstić information content (AvgIpc) is 3.51. The standard InChI is InChI=1S/C73H58N4/c1-3-57(35-34-56(2)74(63-22-10-4-11-23-63)69-46-38-59(39-47-69)60-40-50-70(51-41-60)75(64-24-12-5-13-25-64)65-26-14-6-15-27-65)58-36-48-72(49-37-58)77(68-32-20-9-21-33-68)73-54-44-62(45-55-73)61-42-52-71(53-43-61)76(66-28-16-7-17-29-66)67-30-18-8-19-31-67/h3-55H,2H2,1H3/b35-34-,57-3+. The maximum Gasteiger partial charge on any atom is 0.0462 e. The molecule has 0 aromatic heterocycles. The molecule has 370 valence electrons. The Bertz CT molecular complexity index is 3620. The highest BCUT2D eigenvalue weighted by atomic mass is 15.2. The Balaban J connectivity index is 0.805. The van der Waals surface area contributed by atoms with Gasteiger partial charge in [0.15, 0.2) is 0 Å². The SMILES string of the molecule is C=C(/C=C\C(=C/C)c1ccc(N(c2ccccc2)c2ccc(-c3ccc(N(c4ccccc4)c4ccccc4)cc3)cc2)cc1)N(c1ccccc1)c1ccc(-c2ccc(N(c3ccccc3)c3ccccc3)cc2)cc1. The number of hydrogen-bond acceptors (Lipinski definition) is 4. The molecule has 0 fully saturated rings. The van der Waals surface area contributed by atoms with E-state index in [1.807, 2.05) is 6.07 Å². The smallest absolute Gasteiger partial charge is 0.0462 e. The summed E-state index contributed by atoms with van der Waals surface area (Å²) < 4.78 is 0. The van der Waals surface area contributed by atoms with E-state index in [4.69, 9.17) is 0 Å². The Labute approximate surface area is 454 Å². The molecule has 11 rings (SSSR count). The summed E-state index contributed by atoms with van der Waals surface area (Å²) in [4.78, 5) is 9.09. The van der Waals surface area contributed by atoms with Gasteiger partial charge in [-0.3, -0.25) is 0 Å². The van der Waals surface area contributed by atoms with Crippen LogP contribution in [-0.4, -0.2) is 0 Å². The van der Waals surface area contributed by atoms with E-state index in [1.54, 1.807) is 0 Å². The van der Waals surface area contributed by atoms with Gasteiger partial charge in [0.1, 0.15) is 0 Å². The third kappa shape index (κ3) is 11.2. The molecule has 4 nitrogen and oxygen atoms in total. The van der Waals surface area contributed by atoms with Gasteiger partial charge in [-0.15, -0.1) is 0 Å². The molecule has 0 saturated carbocycles. The Morgan fingerprint density at radius 1 is 0.260 bits per heavy atom. The van der Waals surface area contributed by atoms with Crippen LogP contribution in [0.3, 0.4) is 0 Å². The van der Waals surface area contributed by atoms with Crippen LogP contribution in [0.2, 0.25) is 0 Å². The van der Waals surface area contributed by atoms with E-state index in [0.29, 0.717) is 0 Å². The molecule has 0 saturated heterocycles. The topological polar surface area (TPSA) is 13.0 Å². The number of benzene rings is 11. The summed E-state index contributed by atoms with van der Waals surface area (Å²) in [6, 6.07) is 107. The number of para-hydroxylation sites is 6. The van der Waals surface area contributed by atoms with E-state index in [-0.39, 0.29) is 0 Å². The van der Waals surface area contributed by atoms with E-state index in [0.717, 1.165) is 102 Å². The predicted molar refractivity (Wildman–Crippen MR) is 328 cm³/mol. The Morgan fingerprint density at radius 3 is 0.753 bits per heavy atom. The largest absolute Gasteiger partial charge is 0.311 e. The van der Waals surface area contributed by atoms with E-state index < -0.39 is 0 Å². The minimum Gasteiger partial charge on any atom is -0.311 e. The van der Waals surface area contributed by atoms with Gasteiger partial charge in [-0.25, -0.2) is 0 Å². The molecule has 0 unspecified atom stereocenters. The molecule has 0 atom stereocenters. The Hall–Kier alpha value is -10.2. The van der Waals surface area contributed by atoms with Crippen LogP contribution in [0.5, 0.6) is 0 Å². The lowest BCUT2D eigenvalue weighted by Gasteiger charge is -2.26. The summed E-state index contributed by atoms with van der Waals surface area (Å²) in [6.07, 6.45) is 6.44. The fourth-order valence-electron chi connectivity index (χ4n) is 9.92. The van der Waals surface area contributed by atoms with Gasteiger partial charge < -0.3 is 19.6 Å². The highest BCUT2D eigenvalue weighted by Crippen LogP contribution is 2.40. The van der Waals surface area contributed by atoms with Crippen LogP contribution in [0.4, 0.5) is 62.6 Å². The summed E-state index contributed by atoms with van der Waals surface area (Å²) in [5.41, 5.74) is 19.6. The van der Waals surface area contributed by atoms with Gasteiger partial charge in [-0.05, 0) is 180 Å². The van der Waals surface area contributed by atoms with E-state index in [2.05, 4.69) is 349 Å². The molecule has 0 bridgehead atoms. The summed E-state index contributed by atoms with van der Waals surface area (Å²) in [6.45, 7) is 6.72. The van der Waals surface area contributed by atoms with Crippen molar-refractivity contribution in [3.05, 3.63) is 339 Å². The quantitative estimate of drug-likeness (QED) is 0.0843. The fourth-order valence-corrected chi connectivity index (χ4v) is 9.92. The summed E-state index contributed by atoms with van der Waals surface area (Å²) in [5, 5.41) is 0. The van der Waals surface area contributed by atoms with Crippen LogP contribution >= 0.6 is 0 Å². The number of hydrogen-bond donors (Lipinski definition) is 0. The molecule has 0 radical (unpaired) electrons. The third-order valence-corrected chi connectivity index (χ3v) is 13.8. The molecule has 0 heterocycles. The van der Waals surface area contributed by atoms with Crippen molar-refractivity contribution in [1.82, 2.24) is 0 Å². The maximum absolute atomic E-state index is 4.63. The van der Waals surface area contributed by atoms with E-state index >= 15 is 0 Å². The molecule has 0 spiro atoms. The van der Waals surface area contributed by atoms with Crippen LogP contribution in [-0.2, 0) is 0 Å². The molecular weight excluding hydrogens is 933 g/mol. The summed E-state index contributed by atoms with van der Waals surface area (Å²) in [7, 11) is 0. The van der Waals surface area contributed by atoms with Crippen molar-refractivity contribution < 1.29 is 0 Å². The monoisotopic (exact) mass is 990 g/mol. The average molecular weight is 991 g/mol. The number of allylic oxidation sites excluding steroid dienone is 4. The van der Waals surface area contributed by atoms with Crippen molar-refractivity contribution >= 4 is 68.1 Å². The van der Waals surface area contributed by atoms with Crippen LogP contribution in [0.15, 0.2) is 334 Å². The second-order valence-corrected chi connectivity index (χ2v) is 18.7. The van der Waals surface area contributed by atoms with Crippen molar-refractivity contribution in [3.8, 4) is 22.3 Å². The van der Waals surface area contributed by atoms with Crippen LogP contribution in [0.1, 0.15) is 12.5 Å². The lowest BCUT2D eigenvalue weighted by molar-refractivity contribution is 1.22. The minimum atomic E-state index is 0.849.